The predicted molar refractivity (Wildman–Crippen MR) is 71.1 cm³/mol. The van der Waals surface area contributed by atoms with Gasteiger partial charge in [0.2, 0.25) is 0 Å². The molecule has 98 valence electrons. The molecule has 0 unspecified atom stereocenters. The summed E-state index contributed by atoms with van der Waals surface area (Å²) in [7, 11) is -3.00. The van der Waals surface area contributed by atoms with Crippen LogP contribution in [0.5, 0.6) is 0 Å². The molecule has 1 aromatic rings. The number of nitrogens with zero attached hydrogens (tertiary/aromatic N) is 2. The van der Waals surface area contributed by atoms with Crippen LogP contribution in [0.1, 0.15) is 16.8 Å². The first-order valence-corrected chi connectivity index (χ1v) is 8.21. The highest BCUT2D eigenvalue weighted by atomic mass is 79.9. The van der Waals surface area contributed by atoms with Gasteiger partial charge in [0.05, 0.1) is 17.1 Å². The molecule has 0 spiro atoms. The van der Waals surface area contributed by atoms with Crippen molar-refractivity contribution in [1.82, 2.24) is 9.88 Å². The number of rotatable bonds is 1. The zero-order chi connectivity index (χ0) is 13.2. The van der Waals surface area contributed by atoms with Crippen LogP contribution in [0.2, 0.25) is 0 Å². The topological polar surface area (TPSA) is 67.3 Å². The molecule has 1 aliphatic rings. The summed E-state index contributed by atoms with van der Waals surface area (Å²) in [6.45, 7) is 0.724. The second-order valence-corrected chi connectivity index (χ2v) is 7.19. The third-order valence-electron chi connectivity index (χ3n) is 2.83. The van der Waals surface area contributed by atoms with Gasteiger partial charge in [0.25, 0.3) is 5.91 Å². The van der Waals surface area contributed by atoms with Gasteiger partial charge in [0, 0.05) is 19.3 Å². The molecular weight excluding hydrogens is 320 g/mol. The first-order chi connectivity index (χ1) is 8.49. The van der Waals surface area contributed by atoms with Gasteiger partial charge in [-0.25, -0.2) is 13.4 Å². The van der Waals surface area contributed by atoms with Gasteiger partial charge in [-0.05, 0) is 34.5 Å². The van der Waals surface area contributed by atoms with Gasteiger partial charge in [0.1, 0.15) is 4.60 Å². The number of hydrogen-bond acceptors (Lipinski definition) is 4. The summed E-state index contributed by atoms with van der Waals surface area (Å²) < 4.78 is 23.5. The molecule has 1 aliphatic heterocycles. The minimum atomic E-state index is -3.00. The summed E-state index contributed by atoms with van der Waals surface area (Å²) in [6, 6.07) is 3.37. The Balaban J connectivity index is 2.17. The molecule has 0 N–H and O–H groups in total. The van der Waals surface area contributed by atoms with Crippen LogP contribution >= 0.6 is 15.9 Å². The molecule has 0 bridgehead atoms. The lowest BCUT2D eigenvalue weighted by molar-refractivity contribution is 0.0767. The molecule has 1 fully saturated rings. The Kier molecular flexibility index (Phi) is 4.01. The van der Waals surface area contributed by atoms with Crippen LogP contribution in [0.4, 0.5) is 0 Å². The molecule has 18 heavy (non-hydrogen) atoms. The Morgan fingerprint density at radius 1 is 1.33 bits per heavy atom. The van der Waals surface area contributed by atoms with Gasteiger partial charge in [-0.15, -0.1) is 0 Å². The average Bonchev–Trinajstić information content (AvgIpc) is 2.50. The van der Waals surface area contributed by atoms with E-state index < -0.39 is 9.84 Å². The largest absolute Gasteiger partial charge is 0.338 e. The first kappa shape index (κ1) is 13.5. The summed E-state index contributed by atoms with van der Waals surface area (Å²) >= 11 is 3.23. The molecule has 0 atom stereocenters. The molecule has 0 saturated carbocycles. The van der Waals surface area contributed by atoms with E-state index in [-0.39, 0.29) is 24.0 Å². The highest BCUT2D eigenvalue weighted by Gasteiger charge is 2.24. The van der Waals surface area contributed by atoms with Crippen LogP contribution in [-0.4, -0.2) is 48.8 Å². The van der Waals surface area contributed by atoms with Crippen molar-refractivity contribution in [1.29, 1.82) is 0 Å². The highest BCUT2D eigenvalue weighted by Crippen LogP contribution is 2.16. The molecular formula is C11H13BrN2O3S. The lowest BCUT2D eigenvalue weighted by Gasteiger charge is -2.19. The monoisotopic (exact) mass is 332 g/mol. The predicted octanol–water partition coefficient (Wildman–Crippen LogP) is 1.10. The van der Waals surface area contributed by atoms with E-state index >= 15 is 0 Å². The Labute approximate surface area is 114 Å². The van der Waals surface area contributed by atoms with Gasteiger partial charge in [-0.2, -0.15) is 0 Å². The van der Waals surface area contributed by atoms with E-state index in [2.05, 4.69) is 20.9 Å². The maximum atomic E-state index is 12.2. The number of sulfone groups is 1. The van der Waals surface area contributed by atoms with Crippen molar-refractivity contribution in [2.24, 2.45) is 0 Å². The van der Waals surface area contributed by atoms with Crippen molar-refractivity contribution in [3.63, 3.8) is 0 Å². The Bertz CT molecular complexity index is 559. The van der Waals surface area contributed by atoms with Gasteiger partial charge < -0.3 is 4.90 Å². The van der Waals surface area contributed by atoms with Gasteiger partial charge in [-0.1, -0.05) is 0 Å². The van der Waals surface area contributed by atoms with Gasteiger partial charge >= 0.3 is 0 Å². The molecule has 0 radical (unpaired) electrons. The minimum absolute atomic E-state index is 0.0383. The van der Waals surface area contributed by atoms with Crippen LogP contribution in [-0.2, 0) is 9.84 Å². The van der Waals surface area contributed by atoms with Crippen LogP contribution in [0, 0.1) is 0 Å². The molecule has 1 aromatic heterocycles. The molecule has 0 aliphatic carbocycles. The Morgan fingerprint density at radius 2 is 2.11 bits per heavy atom. The maximum Gasteiger partial charge on any atom is 0.256 e. The number of amides is 1. The van der Waals surface area contributed by atoms with Crippen molar-refractivity contribution in [2.45, 2.75) is 6.42 Å². The highest BCUT2D eigenvalue weighted by molar-refractivity contribution is 9.10. The molecule has 2 rings (SSSR count). The molecule has 5 nitrogen and oxygen atoms in total. The van der Waals surface area contributed by atoms with Crippen molar-refractivity contribution in [3.8, 4) is 0 Å². The van der Waals surface area contributed by atoms with E-state index in [0.29, 0.717) is 23.1 Å². The summed E-state index contributed by atoms with van der Waals surface area (Å²) in [4.78, 5) is 17.8. The average molecular weight is 333 g/mol. The lowest BCUT2D eigenvalue weighted by atomic mass is 10.2. The summed E-state index contributed by atoms with van der Waals surface area (Å²) in [6.07, 6.45) is 2.08. The van der Waals surface area contributed by atoms with E-state index in [1.807, 2.05) is 0 Å². The third kappa shape index (κ3) is 3.08. The zero-order valence-corrected chi connectivity index (χ0v) is 12.1. The molecule has 1 amide bonds. The van der Waals surface area contributed by atoms with E-state index in [9.17, 15) is 13.2 Å². The first-order valence-electron chi connectivity index (χ1n) is 5.60. The number of aromatic nitrogens is 1. The number of hydrogen-bond donors (Lipinski definition) is 0. The number of pyridine rings is 1. The third-order valence-corrected chi connectivity index (χ3v) is 5.18. The van der Waals surface area contributed by atoms with Crippen LogP contribution < -0.4 is 0 Å². The molecule has 7 heteroatoms. The molecule has 2 heterocycles. The second kappa shape index (κ2) is 5.36. The lowest BCUT2D eigenvalue weighted by Crippen LogP contribution is -2.33. The van der Waals surface area contributed by atoms with Crippen molar-refractivity contribution < 1.29 is 13.2 Å². The van der Waals surface area contributed by atoms with Crippen molar-refractivity contribution in [3.05, 3.63) is 28.5 Å². The number of carbonyl (C=O) groups excluding carboxylic acids is 1. The van der Waals surface area contributed by atoms with Gasteiger partial charge in [-0.3, -0.25) is 4.79 Å². The summed E-state index contributed by atoms with van der Waals surface area (Å²) in [5.41, 5.74) is 0.469. The van der Waals surface area contributed by atoms with Crippen molar-refractivity contribution in [2.75, 3.05) is 24.6 Å². The fraction of sp³-hybridized carbons (Fsp3) is 0.455. The van der Waals surface area contributed by atoms with Crippen LogP contribution in [0.15, 0.2) is 22.9 Å². The van der Waals surface area contributed by atoms with E-state index in [1.54, 1.807) is 23.2 Å². The zero-order valence-electron chi connectivity index (χ0n) is 9.67. The second-order valence-electron chi connectivity index (χ2n) is 4.14. The quantitative estimate of drug-likeness (QED) is 0.722. The number of halogens is 1. The number of carbonyl (C=O) groups is 1. The normalized spacial score (nSPS) is 19.3. The fourth-order valence-electron chi connectivity index (χ4n) is 1.86. The van der Waals surface area contributed by atoms with E-state index in [0.717, 1.165) is 0 Å². The molecule has 0 aromatic carbocycles. The van der Waals surface area contributed by atoms with Crippen molar-refractivity contribution >= 4 is 31.7 Å². The Morgan fingerprint density at radius 3 is 2.83 bits per heavy atom. The van der Waals surface area contributed by atoms with Crippen LogP contribution in [0.3, 0.4) is 0 Å². The fourth-order valence-corrected chi connectivity index (χ4v) is 3.55. The molecule has 1 saturated heterocycles. The SMILES string of the molecule is O=C(c1cccnc1Br)N1CCCS(=O)(=O)CC1. The van der Waals surface area contributed by atoms with E-state index in [4.69, 9.17) is 0 Å². The standard InChI is InChI=1S/C11H13BrN2O3S/c12-10-9(3-1-4-13-10)11(15)14-5-2-7-18(16,17)8-6-14/h1,3-4H,2,5-8H2. The smallest absolute Gasteiger partial charge is 0.256 e. The van der Waals surface area contributed by atoms with Crippen LogP contribution in [0.25, 0.3) is 0 Å². The van der Waals surface area contributed by atoms with E-state index in [1.165, 1.54) is 0 Å². The summed E-state index contributed by atoms with van der Waals surface area (Å²) in [5, 5.41) is 0. The summed E-state index contributed by atoms with van der Waals surface area (Å²) in [5.74, 6) is 0.0220. The maximum absolute atomic E-state index is 12.2. The minimum Gasteiger partial charge on any atom is -0.338 e. The van der Waals surface area contributed by atoms with Gasteiger partial charge in [0.15, 0.2) is 9.84 Å². The Hall–Kier alpha value is -0.950.